The van der Waals surface area contributed by atoms with E-state index in [9.17, 15) is 4.79 Å². The van der Waals surface area contributed by atoms with Gasteiger partial charge in [-0.1, -0.05) is 36.4 Å². The number of carbonyl (C=O) groups excluding carboxylic acids is 1. The number of nitrogens with zero attached hydrogens (tertiary/aromatic N) is 3. The maximum absolute atomic E-state index is 12.8. The van der Waals surface area contributed by atoms with Gasteiger partial charge in [0.15, 0.2) is 11.4 Å². The zero-order chi connectivity index (χ0) is 19.1. The summed E-state index contributed by atoms with van der Waals surface area (Å²) in [6, 6.07) is 14.3. The summed E-state index contributed by atoms with van der Waals surface area (Å²) in [6.45, 7) is 0.394. The average Bonchev–Trinajstić information content (AvgIpc) is 3.37. The van der Waals surface area contributed by atoms with Crippen molar-refractivity contribution in [3.63, 3.8) is 0 Å². The standard InChI is InChI=1S/C22H19N3O2S/c1-27-13-17-21(14-6-3-2-4-7-14)22-23-12-16-18(25(22)24-17)10-15(11-19(16)26)20-8-5-9-28-20/h2-9,12,15H,10-11,13H2,1H3. The third-order valence-corrected chi connectivity index (χ3v) is 6.31. The maximum atomic E-state index is 12.8. The van der Waals surface area contributed by atoms with E-state index in [0.29, 0.717) is 18.6 Å². The second-order valence-electron chi connectivity index (χ2n) is 7.02. The molecule has 4 aromatic rings. The molecular formula is C22H19N3O2S. The van der Waals surface area contributed by atoms with Crippen molar-refractivity contribution >= 4 is 22.8 Å². The Kier molecular flexibility index (Phi) is 4.30. The van der Waals surface area contributed by atoms with E-state index in [0.717, 1.165) is 34.6 Å². The van der Waals surface area contributed by atoms with Crippen molar-refractivity contribution in [1.29, 1.82) is 0 Å². The summed E-state index contributed by atoms with van der Waals surface area (Å²) in [7, 11) is 1.66. The Morgan fingerprint density at radius 3 is 2.79 bits per heavy atom. The quantitative estimate of drug-likeness (QED) is 0.515. The van der Waals surface area contributed by atoms with Crippen LogP contribution in [-0.4, -0.2) is 27.5 Å². The fourth-order valence-electron chi connectivity index (χ4n) is 4.01. The lowest BCUT2D eigenvalue weighted by molar-refractivity contribution is 0.0962. The largest absolute Gasteiger partial charge is 0.378 e. The summed E-state index contributed by atoms with van der Waals surface area (Å²) < 4.78 is 7.26. The first-order valence-electron chi connectivity index (χ1n) is 9.26. The van der Waals surface area contributed by atoms with E-state index in [1.807, 2.05) is 28.8 Å². The molecule has 0 aliphatic heterocycles. The van der Waals surface area contributed by atoms with E-state index in [-0.39, 0.29) is 11.7 Å². The van der Waals surface area contributed by atoms with E-state index >= 15 is 0 Å². The molecule has 0 spiro atoms. The summed E-state index contributed by atoms with van der Waals surface area (Å²) in [6.07, 6.45) is 3.03. The van der Waals surface area contributed by atoms with Crippen LogP contribution in [0.5, 0.6) is 0 Å². The van der Waals surface area contributed by atoms with Gasteiger partial charge in [0.25, 0.3) is 0 Å². The van der Waals surface area contributed by atoms with Crippen LogP contribution in [0.4, 0.5) is 0 Å². The lowest BCUT2D eigenvalue weighted by Crippen LogP contribution is -2.22. The molecular weight excluding hydrogens is 370 g/mol. The number of hydrogen-bond acceptors (Lipinski definition) is 5. The second-order valence-corrected chi connectivity index (χ2v) is 8.00. The van der Waals surface area contributed by atoms with Crippen LogP contribution in [-0.2, 0) is 17.8 Å². The highest BCUT2D eigenvalue weighted by molar-refractivity contribution is 7.10. The van der Waals surface area contributed by atoms with Crippen LogP contribution in [0.3, 0.4) is 0 Å². The first kappa shape index (κ1) is 17.3. The van der Waals surface area contributed by atoms with Gasteiger partial charge in [-0.2, -0.15) is 5.10 Å². The average molecular weight is 389 g/mol. The fraction of sp³-hybridized carbons (Fsp3) is 0.227. The van der Waals surface area contributed by atoms with Gasteiger partial charge in [0.05, 0.1) is 29.1 Å². The molecule has 0 N–H and O–H groups in total. The number of aromatic nitrogens is 3. The topological polar surface area (TPSA) is 56.5 Å². The van der Waals surface area contributed by atoms with Gasteiger partial charge >= 0.3 is 0 Å². The molecule has 1 atom stereocenters. The minimum absolute atomic E-state index is 0.138. The molecule has 0 saturated carbocycles. The first-order valence-corrected chi connectivity index (χ1v) is 10.1. The number of carbonyl (C=O) groups is 1. The molecule has 0 radical (unpaired) electrons. The molecule has 6 heteroatoms. The van der Waals surface area contributed by atoms with Crippen molar-refractivity contribution < 1.29 is 9.53 Å². The lowest BCUT2D eigenvalue weighted by Gasteiger charge is -2.23. The summed E-state index contributed by atoms with van der Waals surface area (Å²) in [5.74, 6) is 0.333. The zero-order valence-corrected chi connectivity index (χ0v) is 16.3. The number of rotatable bonds is 4. The predicted octanol–water partition coefficient (Wildman–Crippen LogP) is 4.52. The van der Waals surface area contributed by atoms with Crippen molar-refractivity contribution in [1.82, 2.24) is 14.6 Å². The molecule has 1 unspecified atom stereocenters. The number of Topliss-reactive ketones (excluding diaryl/α,β-unsaturated/α-hetero) is 1. The van der Waals surface area contributed by atoms with Gasteiger partial charge in [-0.05, 0) is 23.4 Å². The van der Waals surface area contributed by atoms with Crippen molar-refractivity contribution in [2.24, 2.45) is 0 Å². The number of methoxy groups -OCH3 is 1. The van der Waals surface area contributed by atoms with E-state index < -0.39 is 0 Å². The second kappa shape index (κ2) is 6.96. The van der Waals surface area contributed by atoms with E-state index in [2.05, 4.69) is 28.6 Å². The Bertz CT molecular complexity index is 1150. The molecule has 3 aromatic heterocycles. The highest BCUT2D eigenvalue weighted by Gasteiger charge is 2.30. The highest BCUT2D eigenvalue weighted by Crippen LogP contribution is 2.36. The van der Waals surface area contributed by atoms with Crippen LogP contribution in [0.25, 0.3) is 16.8 Å². The molecule has 1 aromatic carbocycles. The minimum atomic E-state index is 0.138. The van der Waals surface area contributed by atoms with Crippen LogP contribution in [0.2, 0.25) is 0 Å². The lowest BCUT2D eigenvalue weighted by atomic mass is 9.85. The number of ether oxygens (including phenoxy) is 1. The van der Waals surface area contributed by atoms with Crippen LogP contribution in [0.1, 0.15) is 39.0 Å². The molecule has 1 aliphatic rings. The number of hydrogen-bond donors (Lipinski definition) is 0. The Balaban J connectivity index is 1.71. The van der Waals surface area contributed by atoms with Crippen LogP contribution < -0.4 is 0 Å². The summed E-state index contributed by atoms with van der Waals surface area (Å²) >= 11 is 1.71. The molecule has 5 rings (SSSR count). The number of ketones is 1. The zero-order valence-electron chi connectivity index (χ0n) is 15.5. The van der Waals surface area contributed by atoms with Gasteiger partial charge in [0.2, 0.25) is 0 Å². The molecule has 28 heavy (non-hydrogen) atoms. The van der Waals surface area contributed by atoms with Crippen molar-refractivity contribution in [3.05, 3.63) is 75.9 Å². The molecule has 5 nitrogen and oxygen atoms in total. The predicted molar refractivity (Wildman–Crippen MR) is 109 cm³/mol. The van der Waals surface area contributed by atoms with Gasteiger partial charge in [-0.25, -0.2) is 9.50 Å². The number of thiophene rings is 1. The minimum Gasteiger partial charge on any atom is -0.378 e. The SMILES string of the molecule is COCc1nn2c3c(cnc2c1-c1ccccc1)C(=O)CC(c1cccs1)C3. The van der Waals surface area contributed by atoms with E-state index in [1.165, 1.54) is 4.88 Å². The smallest absolute Gasteiger partial charge is 0.166 e. The third-order valence-electron chi connectivity index (χ3n) is 5.28. The van der Waals surface area contributed by atoms with Crippen molar-refractivity contribution in [3.8, 4) is 11.1 Å². The summed E-state index contributed by atoms with van der Waals surface area (Å²) in [5.41, 5.74) is 5.26. The molecule has 0 bridgehead atoms. The molecule has 0 fully saturated rings. The van der Waals surface area contributed by atoms with E-state index in [4.69, 9.17) is 9.84 Å². The third kappa shape index (κ3) is 2.77. The van der Waals surface area contributed by atoms with Crippen LogP contribution in [0.15, 0.2) is 54.0 Å². The molecule has 0 saturated heterocycles. The summed E-state index contributed by atoms with van der Waals surface area (Å²) in [4.78, 5) is 18.7. The highest BCUT2D eigenvalue weighted by atomic mass is 32.1. The fourth-order valence-corrected chi connectivity index (χ4v) is 4.84. The maximum Gasteiger partial charge on any atom is 0.166 e. The molecule has 3 heterocycles. The first-order chi connectivity index (χ1) is 13.8. The van der Waals surface area contributed by atoms with Gasteiger partial charge in [0.1, 0.15) is 0 Å². The van der Waals surface area contributed by atoms with Gasteiger partial charge in [0, 0.05) is 30.5 Å². The molecule has 140 valence electrons. The van der Waals surface area contributed by atoms with E-state index in [1.54, 1.807) is 24.6 Å². The normalized spacial score (nSPS) is 16.5. The van der Waals surface area contributed by atoms with Crippen molar-refractivity contribution in [2.45, 2.75) is 25.4 Å². The Morgan fingerprint density at radius 2 is 2.04 bits per heavy atom. The summed E-state index contributed by atoms with van der Waals surface area (Å²) in [5, 5.41) is 6.89. The van der Waals surface area contributed by atoms with Gasteiger partial charge < -0.3 is 4.74 Å². The van der Waals surface area contributed by atoms with Crippen LogP contribution in [0, 0.1) is 0 Å². The monoisotopic (exact) mass is 389 g/mol. The van der Waals surface area contributed by atoms with Crippen molar-refractivity contribution in [2.75, 3.05) is 7.11 Å². The Morgan fingerprint density at radius 1 is 1.18 bits per heavy atom. The van der Waals surface area contributed by atoms with Gasteiger partial charge in [-0.15, -0.1) is 11.3 Å². The number of fused-ring (bicyclic) bond motifs is 3. The Hall–Kier alpha value is -2.83. The number of benzene rings is 1. The Labute approximate surface area is 166 Å². The molecule has 1 aliphatic carbocycles. The van der Waals surface area contributed by atoms with Crippen LogP contribution >= 0.6 is 11.3 Å². The molecule has 0 amide bonds. The van der Waals surface area contributed by atoms with Gasteiger partial charge in [-0.3, -0.25) is 4.79 Å².